The zero-order valence-electron chi connectivity index (χ0n) is 17.9. The number of hydrogen-bond donors (Lipinski definition) is 3. The van der Waals surface area contributed by atoms with E-state index >= 15 is 0 Å². The Morgan fingerprint density at radius 3 is 2.16 bits per heavy atom. The summed E-state index contributed by atoms with van der Waals surface area (Å²) in [7, 11) is 3.38. The molecule has 0 aliphatic rings. The van der Waals surface area contributed by atoms with E-state index in [0.717, 1.165) is 28.6 Å². The molecule has 0 saturated carbocycles. The summed E-state index contributed by atoms with van der Waals surface area (Å²) in [5.74, 6) is -2.02. The predicted octanol–water partition coefficient (Wildman–Crippen LogP) is 1.33. The number of carboxylic acid groups (broad SMARTS) is 1. The number of carbonyl (C=O) groups is 4. The number of nitrogens with one attached hydrogen (secondary N) is 2. The average molecular weight is 438 g/mol. The van der Waals surface area contributed by atoms with Gasteiger partial charge in [-0.25, -0.2) is 0 Å². The first-order chi connectivity index (χ1) is 15.3. The highest BCUT2D eigenvalue weighted by molar-refractivity contribution is 5.90. The van der Waals surface area contributed by atoms with E-state index in [-0.39, 0.29) is 19.0 Å². The minimum Gasteiger partial charge on any atom is -0.480 e. The second kappa shape index (κ2) is 11.9. The number of amides is 3. The molecule has 2 aromatic carbocycles. The van der Waals surface area contributed by atoms with Gasteiger partial charge in [-0.15, -0.1) is 0 Å². The van der Waals surface area contributed by atoms with Crippen LogP contribution in [0.2, 0.25) is 0 Å². The molecule has 0 saturated heterocycles. The van der Waals surface area contributed by atoms with Crippen LogP contribution < -0.4 is 10.6 Å². The number of nitrogens with zero attached hydrogens (tertiary/aromatic N) is 2. The van der Waals surface area contributed by atoms with Crippen molar-refractivity contribution >= 4 is 35.1 Å². The number of aliphatic carboxylic acids is 1. The van der Waals surface area contributed by atoms with Crippen molar-refractivity contribution in [1.82, 2.24) is 20.1 Å². The molecular formula is C23H26N4O5. The van der Waals surface area contributed by atoms with Gasteiger partial charge < -0.3 is 25.2 Å². The van der Waals surface area contributed by atoms with Gasteiger partial charge in [0.2, 0.25) is 18.2 Å². The molecule has 0 bridgehead atoms. The molecule has 3 aromatic rings. The van der Waals surface area contributed by atoms with Crippen molar-refractivity contribution in [2.45, 2.75) is 6.54 Å². The molecule has 3 amide bonds. The van der Waals surface area contributed by atoms with Gasteiger partial charge in [-0.2, -0.15) is 0 Å². The van der Waals surface area contributed by atoms with Gasteiger partial charge >= 0.3 is 5.97 Å². The van der Waals surface area contributed by atoms with Crippen molar-refractivity contribution in [3.63, 3.8) is 0 Å². The van der Waals surface area contributed by atoms with Gasteiger partial charge in [0.05, 0.1) is 6.54 Å². The number of aromatic nitrogens is 1. The fourth-order valence-corrected chi connectivity index (χ4v) is 2.84. The summed E-state index contributed by atoms with van der Waals surface area (Å²) in [5.41, 5.74) is 2.81. The Morgan fingerprint density at radius 2 is 1.53 bits per heavy atom. The van der Waals surface area contributed by atoms with Crippen LogP contribution in [-0.4, -0.2) is 66.0 Å². The van der Waals surface area contributed by atoms with Crippen LogP contribution in [0.1, 0.15) is 0 Å². The summed E-state index contributed by atoms with van der Waals surface area (Å²) in [6, 6.07) is 19.5. The maximum Gasteiger partial charge on any atom is 0.322 e. The van der Waals surface area contributed by atoms with Crippen LogP contribution in [0.3, 0.4) is 0 Å². The van der Waals surface area contributed by atoms with E-state index in [4.69, 9.17) is 5.11 Å². The topological polar surface area (TPSA) is 121 Å². The van der Waals surface area contributed by atoms with Crippen LogP contribution in [0.15, 0.2) is 60.7 Å². The Labute approximate surface area is 185 Å². The van der Waals surface area contributed by atoms with Crippen molar-refractivity contribution in [2.24, 2.45) is 0 Å². The first kappa shape index (κ1) is 24.1. The van der Waals surface area contributed by atoms with Gasteiger partial charge in [0.15, 0.2) is 0 Å². The molecule has 0 atom stereocenters. The van der Waals surface area contributed by atoms with Gasteiger partial charge in [-0.05, 0) is 17.7 Å². The van der Waals surface area contributed by atoms with E-state index in [2.05, 4.69) is 10.6 Å². The summed E-state index contributed by atoms with van der Waals surface area (Å²) in [5, 5.41) is 14.3. The van der Waals surface area contributed by atoms with Crippen molar-refractivity contribution in [1.29, 1.82) is 0 Å². The summed E-state index contributed by atoms with van der Waals surface area (Å²) < 4.78 is 1.90. The molecule has 0 aliphatic heterocycles. The third-order valence-corrected chi connectivity index (χ3v) is 4.28. The molecular weight excluding hydrogens is 412 g/mol. The maximum absolute atomic E-state index is 12.4. The Kier molecular flexibility index (Phi) is 8.97. The van der Waals surface area contributed by atoms with E-state index < -0.39 is 18.4 Å². The van der Waals surface area contributed by atoms with Crippen LogP contribution >= 0.6 is 0 Å². The number of benzene rings is 2. The van der Waals surface area contributed by atoms with Gasteiger partial charge in [-0.1, -0.05) is 48.5 Å². The van der Waals surface area contributed by atoms with E-state index in [0.29, 0.717) is 0 Å². The van der Waals surface area contributed by atoms with Crippen LogP contribution in [0.25, 0.3) is 22.2 Å². The molecule has 0 aliphatic carbocycles. The quantitative estimate of drug-likeness (QED) is 0.458. The highest BCUT2D eigenvalue weighted by Crippen LogP contribution is 2.28. The van der Waals surface area contributed by atoms with Crippen molar-refractivity contribution < 1.29 is 24.3 Å². The molecule has 9 nitrogen and oxygen atoms in total. The number of rotatable bonds is 8. The fourth-order valence-electron chi connectivity index (χ4n) is 2.84. The summed E-state index contributed by atoms with van der Waals surface area (Å²) in [4.78, 5) is 45.2. The largest absolute Gasteiger partial charge is 0.480 e. The molecule has 3 rings (SSSR count). The summed E-state index contributed by atoms with van der Waals surface area (Å²) in [6.45, 7) is -0.703. The lowest BCUT2D eigenvalue weighted by atomic mass is 10.1. The highest BCUT2D eigenvalue weighted by atomic mass is 16.4. The lowest BCUT2D eigenvalue weighted by Gasteiger charge is -2.11. The minimum absolute atomic E-state index is 0.0456. The van der Waals surface area contributed by atoms with E-state index in [1.165, 1.54) is 4.90 Å². The molecule has 0 spiro atoms. The van der Waals surface area contributed by atoms with Crippen LogP contribution in [-0.2, 0) is 25.7 Å². The second-order valence-electron chi connectivity index (χ2n) is 7.06. The molecule has 168 valence electrons. The molecule has 1 aromatic heterocycles. The maximum atomic E-state index is 12.4. The number of carbonyl (C=O) groups excluding carboxylic acids is 3. The first-order valence-electron chi connectivity index (χ1n) is 9.82. The second-order valence-corrected chi connectivity index (χ2v) is 7.06. The van der Waals surface area contributed by atoms with E-state index in [9.17, 15) is 19.2 Å². The lowest BCUT2D eigenvalue weighted by Crippen LogP contribution is -2.40. The van der Waals surface area contributed by atoms with Crippen LogP contribution in [0.4, 0.5) is 0 Å². The summed E-state index contributed by atoms with van der Waals surface area (Å²) >= 11 is 0. The van der Waals surface area contributed by atoms with Gasteiger partial charge in [0.25, 0.3) is 0 Å². The Bertz CT molecular complexity index is 1080. The van der Waals surface area contributed by atoms with Crippen LogP contribution in [0.5, 0.6) is 0 Å². The van der Waals surface area contributed by atoms with Gasteiger partial charge in [0.1, 0.15) is 13.1 Å². The van der Waals surface area contributed by atoms with Gasteiger partial charge in [-0.3, -0.25) is 19.2 Å². The zero-order valence-corrected chi connectivity index (χ0v) is 17.9. The monoisotopic (exact) mass is 438 g/mol. The molecule has 3 N–H and O–H groups in total. The molecule has 0 unspecified atom stereocenters. The first-order valence-corrected chi connectivity index (χ1v) is 9.82. The Morgan fingerprint density at radius 1 is 0.938 bits per heavy atom. The Hall–Kier alpha value is -4.14. The lowest BCUT2D eigenvalue weighted by molar-refractivity contribution is -0.137. The standard InChI is InChI=1S/C20H19N3O4.C3H7NO/c24-18(22-12-20(26)27)11-21-19(25)13-23-16-9-5-4-8-15(16)10-17(23)14-6-2-1-3-7-14;1-4(2)3-5/h1-10H,11-13H2,(H,21,25)(H,22,24)(H,26,27);3H,1-2H3. The average Bonchev–Trinajstić information content (AvgIpc) is 3.15. The van der Waals surface area contributed by atoms with Crippen molar-refractivity contribution in [3.8, 4) is 11.3 Å². The molecule has 1 heterocycles. The normalized spacial score (nSPS) is 9.94. The predicted molar refractivity (Wildman–Crippen MR) is 121 cm³/mol. The van der Waals surface area contributed by atoms with E-state index in [1.807, 2.05) is 65.2 Å². The molecule has 9 heteroatoms. The molecule has 32 heavy (non-hydrogen) atoms. The number of carboxylic acids is 1. The molecule has 0 fully saturated rings. The van der Waals surface area contributed by atoms with Crippen molar-refractivity contribution in [3.05, 3.63) is 60.7 Å². The molecule has 0 radical (unpaired) electrons. The van der Waals surface area contributed by atoms with Gasteiger partial charge in [0, 0.05) is 30.7 Å². The zero-order chi connectivity index (χ0) is 23.5. The smallest absolute Gasteiger partial charge is 0.322 e. The SMILES string of the molecule is CN(C)C=O.O=C(O)CNC(=O)CNC(=O)Cn1c(-c2ccccc2)cc2ccccc21. The Balaban J connectivity index is 0.000000654. The van der Waals surface area contributed by atoms with E-state index in [1.54, 1.807) is 14.1 Å². The number of hydrogen-bond acceptors (Lipinski definition) is 4. The third kappa shape index (κ3) is 7.28. The van der Waals surface area contributed by atoms with Crippen LogP contribution in [0, 0.1) is 0 Å². The van der Waals surface area contributed by atoms with Crippen molar-refractivity contribution in [2.75, 3.05) is 27.2 Å². The highest BCUT2D eigenvalue weighted by Gasteiger charge is 2.14. The number of fused-ring (bicyclic) bond motifs is 1. The fraction of sp³-hybridized carbons (Fsp3) is 0.217. The summed E-state index contributed by atoms with van der Waals surface area (Å²) in [6.07, 6.45) is 0.750. The number of para-hydroxylation sites is 1. The minimum atomic E-state index is -1.14. The third-order valence-electron chi connectivity index (χ3n) is 4.28.